The number of nitrogens with two attached hydrogens (primary N) is 1. The molecule has 10 nitrogen and oxygen atoms in total. The number of nitrogens with one attached hydrogen (secondary N) is 1. The molecular formula is C23H28N2O8S. The van der Waals surface area contributed by atoms with Crippen molar-refractivity contribution < 1.29 is 37.0 Å². The minimum Gasteiger partial charge on any atom is -0.487 e. The molecule has 0 spiro atoms. The van der Waals surface area contributed by atoms with Gasteiger partial charge in [-0.1, -0.05) is 30.3 Å². The predicted molar refractivity (Wildman–Crippen MR) is 122 cm³/mol. The molecule has 2 aromatic carbocycles. The molecule has 0 saturated heterocycles. The molecule has 11 heteroatoms. The smallest absolute Gasteiger partial charge is 0.337 e. The second-order valence-electron chi connectivity index (χ2n) is 8.29. The molecule has 0 bridgehead atoms. The lowest BCUT2D eigenvalue weighted by atomic mass is 10.1. The summed E-state index contributed by atoms with van der Waals surface area (Å²) in [6.45, 7) is 4.90. The van der Waals surface area contributed by atoms with Gasteiger partial charge in [-0.15, -0.1) is 0 Å². The van der Waals surface area contributed by atoms with Crippen LogP contribution < -0.4 is 15.2 Å². The first-order valence-electron chi connectivity index (χ1n) is 10.2. The van der Waals surface area contributed by atoms with Crippen LogP contribution in [-0.2, 0) is 35.7 Å². The van der Waals surface area contributed by atoms with Crippen LogP contribution >= 0.6 is 0 Å². The minimum absolute atomic E-state index is 0.00510. The van der Waals surface area contributed by atoms with Gasteiger partial charge in [-0.3, -0.25) is 9.59 Å². The fraction of sp³-hybridized carbons (Fsp3) is 0.348. The SMILES string of the molecule is COC(=O)c1ccc(S(=O)(=O)NC(CC(=O)OC(C)(C)C)C(N)=O)c(OCc2ccccc2)c1. The standard InChI is InChI=1S/C23H28N2O8S/c1-23(2,3)33-20(26)13-17(21(24)27)25-34(29,30)19-11-10-16(22(28)31-4)12-18(19)32-14-15-8-6-5-7-9-15/h5-12,17,25H,13-14H2,1-4H3,(H2,24,27). The number of hydrogen-bond acceptors (Lipinski definition) is 8. The number of hydrogen-bond donors (Lipinski definition) is 2. The lowest BCUT2D eigenvalue weighted by molar-refractivity contribution is -0.156. The molecule has 0 saturated carbocycles. The highest BCUT2D eigenvalue weighted by Gasteiger charge is 2.30. The zero-order chi connectivity index (χ0) is 25.5. The van der Waals surface area contributed by atoms with Gasteiger partial charge in [-0.25, -0.2) is 13.2 Å². The molecule has 0 aliphatic heterocycles. The monoisotopic (exact) mass is 492 g/mol. The van der Waals surface area contributed by atoms with Crippen LogP contribution in [0.4, 0.5) is 0 Å². The Hall–Kier alpha value is -3.44. The number of amides is 1. The van der Waals surface area contributed by atoms with Gasteiger partial charge in [0.05, 0.1) is 19.1 Å². The van der Waals surface area contributed by atoms with Gasteiger partial charge in [-0.05, 0) is 44.5 Å². The van der Waals surface area contributed by atoms with E-state index in [2.05, 4.69) is 9.46 Å². The maximum Gasteiger partial charge on any atom is 0.337 e. The molecule has 0 aromatic heterocycles. The van der Waals surface area contributed by atoms with E-state index in [1.54, 1.807) is 45.0 Å². The van der Waals surface area contributed by atoms with Crippen LogP contribution in [0.2, 0.25) is 0 Å². The normalized spacial score (nSPS) is 12.5. The second-order valence-corrected chi connectivity index (χ2v) is 9.98. The van der Waals surface area contributed by atoms with E-state index < -0.39 is 45.9 Å². The molecule has 2 aromatic rings. The van der Waals surface area contributed by atoms with Crippen molar-refractivity contribution in [2.45, 2.75) is 50.3 Å². The number of benzene rings is 2. The van der Waals surface area contributed by atoms with Gasteiger partial charge in [0.15, 0.2) is 0 Å². The Balaban J connectivity index is 2.36. The molecule has 1 amide bonds. The third-order valence-corrected chi connectivity index (χ3v) is 5.83. The van der Waals surface area contributed by atoms with Crippen LogP contribution in [-0.4, -0.2) is 45.0 Å². The molecule has 1 unspecified atom stereocenters. The third-order valence-electron chi connectivity index (χ3n) is 4.32. The topological polar surface area (TPSA) is 151 Å². The first-order chi connectivity index (χ1) is 15.8. The number of sulfonamides is 1. The lowest BCUT2D eigenvalue weighted by Crippen LogP contribution is -2.46. The number of ether oxygens (including phenoxy) is 3. The van der Waals surface area contributed by atoms with E-state index in [9.17, 15) is 22.8 Å². The summed E-state index contributed by atoms with van der Waals surface area (Å²) in [5, 5.41) is 0. The maximum atomic E-state index is 13.1. The highest BCUT2D eigenvalue weighted by atomic mass is 32.2. The summed E-state index contributed by atoms with van der Waals surface area (Å²) >= 11 is 0. The van der Waals surface area contributed by atoms with Gasteiger partial charge in [0.2, 0.25) is 15.9 Å². The van der Waals surface area contributed by atoms with Crippen molar-refractivity contribution in [1.29, 1.82) is 0 Å². The fourth-order valence-electron chi connectivity index (χ4n) is 2.82. The van der Waals surface area contributed by atoms with Crippen LogP contribution in [0.1, 0.15) is 43.1 Å². The Labute approximate surface area is 198 Å². The molecule has 184 valence electrons. The maximum absolute atomic E-state index is 13.1. The summed E-state index contributed by atoms with van der Waals surface area (Å²) in [4.78, 5) is 35.6. The van der Waals surface area contributed by atoms with Gasteiger partial charge in [0.25, 0.3) is 0 Å². The summed E-state index contributed by atoms with van der Waals surface area (Å²) in [5.41, 5.74) is 5.30. The van der Waals surface area contributed by atoms with E-state index in [1.807, 2.05) is 6.07 Å². The van der Waals surface area contributed by atoms with Crippen molar-refractivity contribution in [2.75, 3.05) is 7.11 Å². The summed E-state index contributed by atoms with van der Waals surface area (Å²) in [5.74, 6) is -2.71. The molecule has 0 aliphatic rings. The highest BCUT2D eigenvalue weighted by Crippen LogP contribution is 2.27. The summed E-state index contributed by atoms with van der Waals surface area (Å²) in [6, 6.07) is 11.0. The van der Waals surface area contributed by atoms with E-state index in [0.717, 1.165) is 11.6 Å². The number of carbonyl (C=O) groups excluding carboxylic acids is 3. The number of rotatable bonds is 10. The highest BCUT2D eigenvalue weighted by molar-refractivity contribution is 7.89. The average molecular weight is 493 g/mol. The zero-order valence-electron chi connectivity index (χ0n) is 19.4. The quantitative estimate of drug-likeness (QED) is 0.477. The van der Waals surface area contributed by atoms with Gasteiger partial charge < -0.3 is 19.9 Å². The van der Waals surface area contributed by atoms with Crippen LogP contribution in [0.15, 0.2) is 53.4 Å². The first-order valence-corrected chi connectivity index (χ1v) is 11.7. The van der Waals surface area contributed by atoms with E-state index in [-0.39, 0.29) is 22.8 Å². The Kier molecular flexibility index (Phi) is 8.77. The first kappa shape index (κ1) is 26.8. The molecule has 0 aliphatic carbocycles. The summed E-state index contributed by atoms with van der Waals surface area (Å²) in [6.07, 6.45) is -0.605. The Bertz CT molecular complexity index is 1140. The Morgan fingerprint density at radius 1 is 1.06 bits per heavy atom. The van der Waals surface area contributed by atoms with Gasteiger partial charge in [0, 0.05) is 0 Å². The third kappa shape index (κ3) is 7.85. The molecule has 0 heterocycles. The largest absolute Gasteiger partial charge is 0.487 e. The van der Waals surface area contributed by atoms with Crippen LogP contribution in [0.3, 0.4) is 0 Å². The minimum atomic E-state index is -4.41. The summed E-state index contributed by atoms with van der Waals surface area (Å²) < 4.78 is 43.9. The lowest BCUT2D eigenvalue weighted by Gasteiger charge is -2.22. The number of primary amides is 1. The van der Waals surface area contributed by atoms with Crippen LogP contribution in [0.25, 0.3) is 0 Å². The molecule has 34 heavy (non-hydrogen) atoms. The van der Waals surface area contributed by atoms with Crippen LogP contribution in [0.5, 0.6) is 5.75 Å². The molecule has 2 rings (SSSR count). The van der Waals surface area contributed by atoms with E-state index in [1.165, 1.54) is 19.2 Å². The molecule has 0 fully saturated rings. The number of methoxy groups -OCH3 is 1. The van der Waals surface area contributed by atoms with Gasteiger partial charge >= 0.3 is 11.9 Å². The average Bonchev–Trinajstić information content (AvgIpc) is 2.75. The van der Waals surface area contributed by atoms with E-state index in [4.69, 9.17) is 15.2 Å². The fourth-order valence-corrected chi connectivity index (χ4v) is 4.15. The Morgan fingerprint density at radius 3 is 2.26 bits per heavy atom. The van der Waals surface area contributed by atoms with Crippen molar-refractivity contribution in [3.8, 4) is 5.75 Å². The zero-order valence-corrected chi connectivity index (χ0v) is 20.2. The number of esters is 2. The van der Waals surface area contributed by atoms with Crippen molar-refractivity contribution in [3.63, 3.8) is 0 Å². The number of carbonyl (C=O) groups is 3. The van der Waals surface area contributed by atoms with E-state index in [0.29, 0.717) is 0 Å². The molecule has 0 radical (unpaired) electrons. The Morgan fingerprint density at radius 2 is 1.71 bits per heavy atom. The molecular weight excluding hydrogens is 464 g/mol. The predicted octanol–water partition coefficient (Wildman–Crippen LogP) is 1.92. The second kappa shape index (κ2) is 11.1. The van der Waals surface area contributed by atoms with Gasteiger partial charge in [0.1, 0.15) is 28.9 Å². The summed E-state index contributed by atoms with van der Waals surface area (Å²) in [7, 11) is -3.23. The van der Waals surface area contributed by atoms with E-state index >= 15 is 0 Å². The van der Waals surface area contributed by atoms with Crippen molar-refractivity contribution in [1.82, 2.24) is 4.72 Å². The van der Waals surface area contributed by atoms with Crippen molar-refractivity contribution >= 4 is 27.9 Å². The van der Waals surface area contributed by atoms with Crippen molar-refractivity contribution in [2.24, 2.45) is 5.73 Å². The molecule has 3 N–H and O–H groups in total. The molecule has 1 atom stereocenters. The van der Waals surface area contributed by atoms with Crippen LogP contribution in [0, 0.1) is 0 Å². The van der Waals surface area contributed by atoms with Gasteiger partial charge in [-0.2, -0.15) is 4.72 Å². The van der Waals surface area contributed by atoms with Crippen molar-refractivity contribution in [3.05, 3.63) is 59.7 Å².